The number of nitrogens with one attached hydrogen (secondary N) is 1. The van der Waals surface area contributed by atoms with Crippen LogP contribution in [0.2, 0.25) is 0 Å². The average molecular weight is 373 g/mol. The number of rotatable bonds is 8. The van der Waals surface area contributed by atoms with Gasteiger partial charge in [0.15, 0.2) is 5.13 Å². The third-order valence-electron chi connectivity index (χ3n) is 2.92. The molecule has 2 rings (SSSR count). The van der Waals surface area contributed by atoms with Gasteiger partial charge in [-0.1, -0.05) is 19.8 Å². The molecule has 8 heteroatoms. The molecule has 114 valence electrons. The summed E-state index contributed by atoms with van der Waals surface area (Å²) in [6.07, 6.45) is 7.82. The highest BCUT2D eigenvalue weighted by molar-refractivity contribution is 9.10. The van der Waals surface area contributed by atoms with Crippen molar-refractivity contribution < 1.29 is 9.90 Å². The van der Waals surface area contributed by atoms with Gasteiger partial charge in [-0.15, -0.1) is 11.3 Å². The fourth-order valence-electron chi connectivity index (χ4n) is 1.85. The summed E-state index contributed by atoms with van der Waals surface area (Å²) in [7, 11) is 0. The Morgan fingerprint density at radius 2 is 2.38 bits per heavy atom. The first-order valence-electron chi connectivity index (χ1n) is 6.70. The van der Waals surface area contributed by atoms with Crippen LogP contribution in [-0.4, -0.2) is 31.9 Å². The van der Waals surface area contributed by atoms with E-state index < -0.39 is 12.0 Å². The minimum absolute atomic E-state index is 0.581. The summed E-state index contributed by atoms with van der Waals surface area (Å²) in [5, 5.41) is 17.0. The van der Waals surface area contributed by atoms with Gasteiger partial charge in [0, 0.05) is 17.3 Å². The second-order valence-corrected chi connectivity index (χ2v) is 6.70. The van der Waals surface area contributed by atoms with Gasteiger partial charge in [0.05, 0.1) is 17.2 Å². The van der Waals surface area contributed by atoms with Gasteiger partial charge >= 0.3 is 5.97 Å². The molecule has 0 radical (unpaired) electrons. The first-order chi connectivity index (χ1) is 10.1. The fourth-order valence-corrected chi connectivity index (χ4v) is 3.03. The van der Waals surface area contributed by atoms with Gasteiger partial charge < -0.3 is 10.4 Å². The highest BCUT2D eigenvalue weighted by Gasteiger charge is 2.17. The van der Waals surface area contributed by atoms with Gasteiger partial charge in [-0.05, 0) is 22.4 Å². The van der Waals surface area contributed by atoms with Crippen LogP contribution in [0, 0.1) is 0 Å². The van der Waals surface area contributed by atoms with Crippen molar-refractivity contribution in [3.63, 3.8) is 0 Å². The predicted octanol–water partition coefficient (Wildman–Crippen LogP) is 3.21. The van der Waals surface area contributed by atoms with Crippen molar-refractivity contribution in [3.05, 3.63) is 27.9 Å². The minimum Gasteiger partial charge on any atom is -0.480 e. The number of aromatic nitrogens is 3. The van der Waals surface area contributed by atoms with Crippen molar-refractivity contribution in [2.75, 3.05) is 5.32 Å². The Balaban J connectivity index is 1.96. The number of thiazole rings is 1. The molecule has 0 saturated heterocycles. The zero-order valence-electron chi connectivity index (χ0n) is 11.6. The molecule has 6 nitrogen and oxygen atoms in total. The summed E-state index contributed by atoms with van der Waals surface area (Å²) in [6, 6.07) is -0.581. The molecule has 0 aromatic carbocycles. The Kier molecular flexibility index (Phi) is 5.75. The maximum absolute atomic E-state index is 11.2. The summed E-state index contributed by atoms with van der Waals surface area (Å²) in [5.41, 5.74) is 0. The average Bonchev–Trinajstić information content (AvgIpc) is 3.04. The number of carboxylic acid groups (broad SMARTS) is 1. The smallest absolute Gasteiger partial charge is 0.326 e. The number of carbonyl (C=O) groups is 1. The monoisotopic (exact) mass is 372 g/mol. The minimum atomic E-state index is -0.837. The molecule has 2 aromatic heterocycles. The molecule has 0 aliphatic rings. The molecule has 1 unspecified atom stereocenters. The van der Waals surface area contributed by atoms with Crippen LogP contribution >= 0.6 is 27.3 Å². The predicted molar refractivity (Wildman–Crippen MR) is 85.7 cm³/mol. The lowest BCUT2D eigenvalue weighted by molar-refractivity contribution is -0.138. The number of aliphatic carboxylic acids is 1. The Hall–Kier alpha value is -1.41. The van der Waals surface area contributed by atoms with Crippen molar-refractivity contribution in [2.24, 2.45) is 0 Å². The van der Waals surface area contributed by atoms with Crippen LogP contribution in [0.1, 0.15) is 31.1 Å². The van der Waals surface area contributed by atoms with Crippen molar-refractivity contribution in [1.29, 1.82) is 0 Å². The van der Waals surface area contributed by atoms with Gasteiger partial charge in [0.2, 0.25) is 0 Å². The third-order valence-corrected chi connectivity index (χ3v) is 4.24. The molecule has 2 aromatic rings. The number of unbranched alkanes of at least 4 members (excludes halogenated alkanes) is 1. The van der Waals surface area contributed by atoms with E-state index in [-0.39, 0.29) is 0 Å². The molecule has 0 spiro atoms. The largest absolute Gasteiger partial charge is 0.480 e. The van der Waals surface area contributed by atoms with Crippen LogP contribution in [-0.2, 0) is 11.3 Å². The van der Waals surface area contributed by atoms with Gasteiger partial charge in [-0.3, -0.25) is 4.68 Å². The van der Waals surface area contributed by atoms with Crippen LogP contribution in [0.4, 0.5) is 5.13 Å². The SMILES string of the molecule is CCCCC(Nc1ncc(Cn2cc(Br)cn2)s1)C(=O)O. The Morgan fingerprint density at radius 3 is 3.00 bits per heavy atom. The van der Waals surface area contributed by atoms with E-state index in [4.69, 9.17) is 0 Å². The zero-order chi connectivity index (χ0) is 15.2. The molecule has 21 heavy (non-hydrogen) atoms. The van der Waals surface area contributed by atoms with E-state index in [1.807, 2.05) is 13.1 Å². The van der Waals surface area contributed by atoms with E-state index in [1.165, 1.54) is 11.3 Å². The van der Waals surface area contributed by atoms with Crippen LogP contribution < -0.4 is 5.32 Å². The molecule has 0 aliphatic heterocycles. The summed E-state index contributed by atoms with van der Waals surface area (Å²) in [5.74, 6) is -0.837. The molecular weight excluding hydrogens is 356 g/mol. The van der Waals surface area contributed by atoms with Crippen molar-refractivity contribution in [2.45, 2.75) is 38.8 Å². The summed E-state index contributed by atoms with van der Waals surface area (Å²) in [6.45, 7) is 2.67. The topological polar surface area (TPSA) is 80.0 Å². The quantitative estimate of drug-likeness (QED) is 0.743. The lowest BCUT2D eigenvalue weighted by Crippen LogP contribution is -2.28. The number of nitrogens with zero attached hydrogens (tertiary/aromatic N) is 3. The van der Waals surface area contributed by atoms with Gasteiger partial charge in [0.25, 0.3) is 0 Å². The first-order valence-corrected chi connectivity index (χ1v) is 8.31. The van der Waals surface area contributed by atoms with E-state index in [0.717, 1.165) is 22.2 Å². The van der Waals surface area contributed by atoms with Crippen LogP contribution in [0.5, 0.6) is 0 Å². The molecule has 2 heterocycles. The molecule has 1 atom stereocenters. The molecule has 0 amide bonds. The Bertz CT molecular complexity index is 599. The highest BCUT2D eigenvalue weighted by Crippen LogP contribution is 2.21. The number of carboxylic acids is 1. The molecular formula is C13H17BrN4O2S. The molecule has 2 N–H and O–H groups in total. The van der Waals surface area contributed by atoms with E-state index in [9.17, 15) is 9.90 Å². The van der Waals surface area contributed by atoms with Gasteiger partial charge in [-0.2, -0.15) is 5.10 Å². The maximum Gasteiger partial charge on any atom is 0.326 e. The summed E-state index contributed by atoms with van der Waals surface area (Å²) >= 11 is 4.80. The number of anilines is 1. The van der Waals surface area contributed by atoms with E-state index in [0.29, 0.717) is 18.1 Å². The highest BCUT2D eigenvalue weighted by atomic mass is 79.9. The van der Waals surface area contributed by atoms with Gasteiger partial charge in [0.1, 0.15) is 6.04 Å². The Morgan fingerprint density at radius 1 is 1.57 bits per heavy atom. The van der Waals surface area contributed by atoms with Crippen LogP contribution in [0.3, 0.4) is 0 Å². The number of hydrogen-bond donors (Lipinski definition) is 2. The molecule has 0 aliphatic carbocycles. The summed E-state index contributed by atoms with van der Waals surface area (Å²) in [4.78, 5) is 16.5. The lowest BCUT2D eigenvalue weighted by Gasteiger charge is -2.12. The van der Waals surface area contributed by atoms with E-state index >= 15 is 0 Å². The number of hydrogen-bond acceptors (Lipinski definition) is 5. The molecule has 0 fully saturated rings. The normalized spacial score (nSPS) is 12.3. The third kappa shape index (κ3) is 4.82. The second kappa shape index (κ2) is 7.56. The fraction of sp³-hybridized carbons (Fsp3) is 0.462. The van der Waals surface area contributed by atoms with Crippen LogP contribution in [0.25, 0.3) is 0 Å². The summed E-state index contributed by atoms with van der Waals surface area (Å²) < 4.78 is 2.73. The van der Waals surface area contributed by atoms with Crippen molar-refractivity contribution >= 4 is 38.4 Å². The maximum atomic E-state index is 11.2. The zero-order valence-corrected chi connectivity index (χ0v) is 14.0. The second-order valence-electron chi connectivity index (χ2n) is 4.67. The van der Waals surface area contributed by atoms with E-state index in [1.54, 1.807) is 17.1 Å². The van der Waals surface area contributed by atoms with Crippen LogP contribution in [0.15, 0.2) is 23.1 Å². The van der Waals surface area contributed by atoms with Crippen molar-refractivity contribution in [3.8, 4) is 0 Å². The Labute approximate surface area is 135 Å². The first kappa shape index (κ1) is 16.0. The van der Waals surface area contributed by atoms with E-state index in [2.05, 4.69) is 31.3 Å². The number of halogens is 1. The van der Waals surface area contributed by atoms with Crippen molar-refractivity contribution in [1.82, 2.24) is 14.8 Å². The standard InChI is InChI=1S/C13H17BrN4O2S/c1-2-3-4-11(12(19)20)17-13-15-6-10(21-13)8-18-7-9(14)5-16-18/h5-7,11H,2-4,8H2,1H3,(H,15,17)(H,19,20). The van der Waals surface area contributed by atoms with Gasteiger partial charge in [-0.25, -0.2) is 9.78 Å². The lowest BCUT2D eigenvalue weighted by atomic mass is 10.1. The molecule has 0 bridgehead atoms. The molecule has 0 saturated carbocycles.